The molecule has 0 amide bonds. The van der Waals surface area contributed by atoms with E-state index in [0.29, 0.717) is 0 Å². The molecule has 0 bridgehead atoms. The average Bonchev–Trinajstić information content (AvgIpc) is 3.18. The van der Waals surface area contributed by atoms with Crippen molar-refractivity contribution in [3.63, 3.8) is 0 Å². The topological polar surface area (TPSA) is 6.48 Å². The molecule has 0 saturated heterocycles. The minimum absolute atomic E-state index is 0.181. The molecule has 0 spiro atoms. The fraction of sp³-hybridized carbons (Fsp3) is 0.600. The van der Waals surface area contributed by atoms with Crippen molar-refractivity contribution in [2.24, 2.45) is 0 Å². The molecular weight excluding hydrogens is 359 g/mol. The van der Waals surface area contributed by atoms with E-state index in [1.54, 1.807) is 0 Å². The molecule has 128 valence electrons. The van der Waals surface area contributed by atoms with Crippen LogP contribution in [0.2, 0.25) is 6.25 Å². The monoisotopic (exact) mass is 392 g/mol. The van der Waals surface area contributed by atoms with Gasteiger partial charge in [0.1, 0.15) is 0 Å². The molecule has 0 N–H and O–H groups in total. The zero-order chi connectivity index (χ0) is 17.1. The van der Waals surface area contributed by atoms with E-state index in [9.17, 15) is 0 Å². The van der Waals surface area contributed by atoms with E-state index >= 15 is 0 Å². The first kappa shape index (κ1) is 19.1. The Hall–Kier alpha value is -0.237. The third-order valence-corrected chi connectivity index (χ3v) is 22.6. The SMILES string of the molecule is CC[N](CC)[Zr]([N](CC)CC)([C]1(C)C=CC=C1)[C]1(C)C=CC=C1. The molecule has 0 aliphatic heterocycles. The van der Waals surface area contributed by atoms with Crippen LogP contribution in [0.4, 0.5) is 0 Å². The second-order valence-electron chi connectivity index (χ2n) is 7.02. The number of nitrogens with zero attached hydrogens (tertiary/aromatic N) is 2. The Morgan fingerprint density at radius 3 is 1.09 bits per heavy atom. The molecule has 23 heavy (non-hydrogen) atoms. The summed E-state index contributed by atoms with van der Waals surface area (Å²) in [5.74, 6) is 0. The average molecular weight is 394 g/mol. The van der Waals surface area contributed by atoms with E-state index in [0.717, 1.165) is 26.2 Å². The van der Waals surface area contributed by atoms with Gasteiger partial charge in [-0.05, 0) is 0 Å². The van der Waals surface area contributed by atoms with E-state index in [-0.39, 0.29) is 6.25 Å². The quantitative estimate of drug-likeness (QED) is 0.555. The van der Waals surface area contributed by atoms with Gasteiger partial charge in [0.05, 0.1) is 0 Å². The van der Waals surface area contributed by atoms with Gasteiger partial charge in [0.2, 0.25) is 0 Å². The molecule has 0 saturated carbocycles. The molecule has 0 heterocycles. The molecule has 2 rings (SSSR count). The molecular formula is C20H34N2Zr. The van der Waals surface area contributed by atoms with Gasteiger partial charge in [0, 0.05) is 0 Å². The zero-order valence-electron chi connectivity index (χ0n) is 15.8. The molecule has 2 aliphatic rings. The van der Waals surface area contributed by atoms with Crippen LogP contribution in [0.5, 0.6) is 0 Å². The summed E-state index contributed by atoms with van der Waals surface area (Å²) < 4.78 is 6.12. The van der Waals surface area contributed by atoms with Gasteiger partial charge in [0.25, 0.3) is 0 Å². The summed E-state index contributed by atoms with van der Waals surface area (Å²) in [7, 11) is 0. The molecule has 0 unspecified atom stereocenters. The molecule has 0 aromatic carbocycles. The van der Waals surface area contributed by atoms with Crippen molar-refractivity contribution in [3.8, 4) is 0 Å². The maximum absolute atomic E-state index is 3.14. The number of hydrogen-bond acceptors (Lipinski definition) is 2. The molecule has 0 aromatic rings. The van der Waals surface area contributed by atoms with Crippen LogP contribution in [0.1, 0.15) is 41.5 Å². The van der Waals surface area contributed by atoms with E-state index in [4.69, 9.17) is 0 Å². The van der Waals surface area contributed by atoms with Gasteiger partial charge in [0.15, 0.2) is 0 Å². The fourth-order valence-corrected chi connectivity index (χ4v) is 23.4. The summed E-state index contributed by atoms with van der Waals surface area (Å²) in [6, 6.07) is 0. The predicted octanol–water partition coefficient (Wildman–Crippen LogP) is 5.26. The van der Waals surface area contributed by atoms with Gasteiger partial charge in [-0.1, -0.05) is 0 Å². The molecule has 0 fully saturated rings. The molecule has 0 atom stereocenters. The van der Waals surface area contributed by atoms with Crippen LogP contribution in [-0.2, 0) is 20.8 Å². The van der Waals surface area contributed by atoms with E-state index in [1.165, 1.54) is 0 Å². The molecule has 0 radical (unpaired) electrons. The number of allylic oxidation sites excluding steroid dienone is 8. The van der Waals surface area contributed by atoms with Crippen molar-refractivity contribution in [1.82, 2.24) is 5.69 Å². The van der Waals surface area contributed by atoms with Gasteiger partial charge < -0.3 is 0 Å². The Bertz CT molecular complexity index is 450. The van der Waals surface area contributed by atoms with Crippen LogP contribution >= 0.6 is 0 Å². The Balaban J connectivity index is 2.78. The van der Waals surface area contributed by atoms with Crippen LogP contribution in [-0.4, -0.2) is 31.9 Å². The number of hydrogen-bond donors (Lipinski definition) is 0. The van der Waals surface area contributed by atoms with Crippen molar-refractivity contribution < 1.29 is 20.8 Å². The van der Waals surface area contributed by atoms with Gasteiger partial charge in [-0.3, -0.25) is 0 Å². The predicted molar refractivity (Wildman–Crippen MR) is 99.1 cm³/mol. The molecule has 3 heteroatoms. The van der Waals surface area contributed by atoms with Gasteiger partial charge in [-0.2, -0.15) is 0 Å². The van der Waals surface area contributed by atoms with Crippen LogP contribution in [0.25, 0.3) is 0 Å². The maximum atomic E-state index is 2.88. The Labute approximate surface area is 148 Å². The van der Waals surface area contributed by atoms with E-state index in [1.807, 2.05) is 0 Å². The summed E-state index contributed by atoms with van der Waals surface area (Å²) in [5, 5.41) is 0. The summed E-state index contributed by atoms with van der Waals surface area (Å²) in [6.07, 6.45) is 19.0. The molecule has 0 aromatic heterocycles. The van der Waals surface area contributed by atoms with Crippen LogP contribution in [0.3, 0.4) is 0 Å². The van der Waals surface area contributed by atoms with Crippen molar-refractivity contribution >= 4 is 0 Å². The Kier molecular flexibility index (Phi) is 6.09. The Morgan fingerprint density at radius 2 is 0.870 bits per heavy atom. The third kappa shape index (κ3) is 2.73. The van der Waals surface area contributed by atoms with Gasteiger partial charge in [-0.25, -0.2) is 0 Å². The summed E-state index contributed by atoms with van der Waals surface area (Å²) >= 11 is -3.14. The summed E-state index contributed by atoms with van der Waals surface area (Å²) in [5.41, 5.74) is 0. The first-order chi connectivity index (χ1) is 11.0. The van der Waals surface area contributed by atoms with Gasteiger partial charge in [-0.15, -0.1) is 0 Å². The summed E-state index contributed by atoms with van der Waals surface area (Å²) in [6.45, 7) is 18.9. The van der Waals surface area contributed by atoms with Crippen LogP contribution < -0.4 is 0 Å². The second kappa shape index (κ2) is 7.34. The van der Waals surface area contributed by atoms with Crippen molar-refractivity contribution in [2.45, 2.75) is 47.8 Å². The first-order valence-corrected chi connectivity index (χ1v) is 13.9. The van der Waals surface area contributed by atoms with E-state index < -0.39 is 20.8 Å². The van der Waals surface area contributed by atoms with Crippen molar-refractivity contribution in [1.29, 1.82) is 0 Å². The van der Waals surface area contributed by atoms with Crippen molar-refractivity contribution in [2.75, 3.05) is 26.2 Å². The van der Waals surface area contributed by atoms with Crippen LogP contribution in [0, 0.1) is 0 Å². The Morgan fingerprint density at radius 1 is 0.609 bits per heavy atom. The fourth-order valence-electron chi connectivity index (χ4n) is 5.10. The molecule has 2 aliphatic carbocycles. The first-order valence-electron chi connectivity index (χ1n) is 9.20. The zero-order valence-corrected chi connectivity index (χ0v) is 18.3. The van der Waals surface area contributed by atoms with Gasteiger partial charge >= 0.3 is 149 Å². The van der Waals surface area contributed by atoms with E-state index in [2.05, 4.69) is 95.8 Å². The number of rotatable bonds is 8. The molecule has 2 nitrogen and oxygen atoms in total. The standard InChI is InChI=1S/2C6H7.2C4H10N.Zr/c2*1-6-4-2-3-5-6;2*1-3-5-4-2;/h2*2-5H,1H3;2*3-4H2,1-2H3;/q;;2*-1;+2. The normalized spacial score (nSPS) is 21.2. The van der Waals surface area contributed by atoms with Crippen molar-refractivity contribution in [3.05, 3.63) is 48.6 Å². The van der Waals surface area contributed by atoms with Crippen LogP contribution in [0.15, 0.2) is 48.6 Å². The second-order valence-corrected chi connectivity index (χ2v) is 18.7. The third-order valence-electron chi connectivity index (χ3n) is 5.94. The minimum atomic E-state index is -3.14. The summed E-state index contributed by atoms with van der Waals surface area (Å²) in [4.78, 5) is 0.